The third-order valence-electron chi connectivity index (χ3n) is 3.75. The molecule has 0 aliphatic rings. The molecule has 3 aromatic rings. The van der Waals surface area contributed by atoms with Crippen molar-refractivity contribution in [2.45, 2.75) is 0 Å². The van der Waals surface area contributed by atoms with Crippen LogP contribution < -0.4 is 10.1 Å². The highest BCUT2D eigenvalue weighted by atomic mass is 32.1. The monoisotopic (exact) mass is 367 g/mol. The van der Waals surface area contributed by atoms with Gasteiger partial charge in [0.15, 0.2) is 0 Å². The lowest BCUT2D eigenvalue weighted by atomic mass is 10.1. The number of carbonyl (C=O) groups is 2. The summed E-state index contributed by atoms with van der Waals surface area (Å²) < 4.78 is 9.99. The van der Waals surface area contributed by atoms with Crippen LogP contribution in [-0.4, -0.2) is 26.1 Å². The van der Waals surface area contributed by atoms with E-state index < -0.39 is 5.97 Å². The van der Waals surface area contributed by atoms with Crippen LogP contribution in [0.5, 0.6) is 5.75 Å². The topological polar surface area (TPSA) is 64.6 Å². The van der Waals surface area contributed by atoms with Gasteiger partial charge < -0.3 is 14.8 Å². The zero-order valence-electron chi connectivity index (χ0n) is 14.3. The summed E-state index contributed by atoms with van der Waals surface area (Å²) in [5.41, 5.74) is 1.73. The van der Waals surface area contributed by atoms with E-state index in [0.717, 1.165) is 10.4 Å². The van der Waals surface area contributed by atoms with Gasteiger partial charge in [-0.25, -0.2) is 4.79 Å². The molecule has 3 rings (SSSR count). The first-order valence-corrected chi connectivity index (χ1v) is 8.67. The first-order chi connectivity index (χ1) is 12.6. The number of amides is 1. The number of benzene rings is 2. The highest BCUT2D eigenvalue weighted by Crippen LogP contribution is 2.36. The molecule has 0 bridgehead atoms. The van der Waals surface area contributed by atoms with Crippen molar-refractivity contribution in [2.24, 2.45) is 0 Å². The van der Waals surface area contributed by atoms with Gasteiger partial charge in [-0.3, -0.25) is 4.79 Å². The standard InChI is InChI=1S/C20H17NO4S/c1-24-15-10-6-9-14(11-15)18(22)21-19-16(20(23)25-2)12-17(26-19)13-7-4-3-5-8-13/h3-12H,1-2H3,(H,21,22). The summed E-state index contributed by atoms with van der Waals surface area (Å²) in [6.07, 6.45) is 0. The van der Waals surface area contributed by atoms with E-state index in [9.17, 15) is 9.59 Å². The molecule has 26 heavy (non-hydrogen) atoms. The predicted molar refractivity (Wildman–Crippen MR) is 102 cm³/mol. The first-order valence-electron chi connectivity index (χ1n) is 7.85. The Morgan fingerprint density at radius 1 is 0.962 bits per heavy atom. The van der Waals surface area contributed by atoms with Crippen molar-refractivity contribution in [1.82, 2.24) is 0 Å². The summed E-state index contributed by atoms with van der Waals surface area (Å²) >= 11 is 1.33. The predicted octanol–water partition coefficient (Wildman–Crippen LogP) is 4.46. The highest BCUT2D eigenvalue weighted by molar-refractivity contribution is 7.20. The molecular weight excluding hydrogens is 350 g/mol. The number of hydrogen-bond donors (Lipinski definition) is 1. The molecule has 2 aromatic carbocycles. The van der Waals surface area contributed by atoms with Crippen LogP contribution in [0, 0.1) is 0 Å². The minimum absolute atomic E-state index is 0.324. The van der Waals surface area contributed by atoms with E-state index in [0.29, 0.717) is 21.9 Å². The minimum atomic E-state index is -0.496. The summed E-state index contributed by atoms with van der Waals surface area (Å²) in [6.45, 7) is 0. The number of rotatable bonds is 5. The average molecular weight is 367 g/mol. The Bertz CT molecular complexity index is 934. The van der Waals surface area contributed by atoms with Gasteiger partial charge in [0.05, 0.1) is 19.8 Å². The SMILES string of the molecule is COC(=O)c1cc(-c2ccccc2)sc1NC(=O)c1cccc(OC)c1. The van der Waals surface area contributed by atoms with Gasteiger partial charge in [0, 0.05) is 10.4 Å². The van der Waals surface area contributed by atoms with Crippen molar-refractivity contribution in [3.8, 4) is 16.2 Å². The second-order valence-electron chi connectivity index (χ2n) is 5.40. The molecule has 1 heterocycles. The quantitative estimate of drug-likeness (QED) is 0.676. The summed E-state index contributed by atoms with van der Waals surface area (Å²) in [4.78, 5) is 25.6. The van der Waals surface area contributed by atoms with Crippen LogP contribution in [0.3, 0.4) is 0 Å². The molecule has 0 saturated carbocycles. The van der Waals surface area contributed by atoms with Crippen molar-refractivity contribution in [3.05, 3.63) is 71.8 Å². The van der Waals surface area contributed by atoms with Gasteiger partial charge in [-0.15, -0.1) is 11.3 Å². The van der Waals surface area contributed by atoms with Gasteiger partial charge in [0.1, 0.15) is 10.8 Å². The van der Waals surface area contributed by atoms with Crippen LogP contribution in [0.25, 0.3) is 10.4 Å². The second-order valence-corrected chi connectivity index (χ2v) is 6.45. The molecule has 0 saturated heterocycles. The van der Waals surface area contributed by atoms with Gasteiger partial charge in [-0.05, 0) is 29.8 Å². The van der Waals surface area contributed by atoms with Crippen LogP contribution in [0.15, 0.2) is 60.7 Å². The number of hydrogen-bond acceptors (Lipinski definition) is 5. The van der Waals surface area contributed by atoms with Crippen LogP contribution in [0.1, 0.15) is 20.7 Å². The number of methoxy groups -OCH3 is 2. The Morgan fingerprint density at radius 2 is 1.73 bits per heavy atom. The normalized spacial score (nSPS) is 10.2. The highest BCUT2D eigenvalue weighted by Gasteiger charge is 2.20. The lowest BCUT2D eigenvalue weighted by Gasteiger charge is -2.06. The average Bonchev–Trinajstić information content (AvgIpc) is 3.11. The molecule has 0 aliphatic carbocycles. The van der Waals surface area contributed by atoms with Crippen molar-refractivity contribution in [1.29, 1.82) is 0 Å². The van der Waals surface area contributed by atoms with Gasteiger partial charge in [0.2, 0.25) is 0 Å². The fraction of sp³-hybridized carbons (Fsp3) is 0.100. The second kappa shape index (κ2) is 7.84. The molecule has 0 radical (unpaired) electrons. The van der Waals surface area contributed by atoms with E-state index in [2.05, 4.69) is 5.32 Å². The van der Waals surface area contributed by atoms with Crippen molar-refractivity contribution >= 4 is 28.2 Å². The number of anilines is 1. The maximum atomic E-state index is 12.6. The van der Waals surface area contributed by atoms with Crippen LogP contribution >= 0.6 is 11.3 Å². The van der Waals surface area contributed by atoms with Gasteiger partial charge in [0.25, 0.3) is 5.91 Å². The van der Waals surface area contributed by atoms with E-state index in [-0.39, 0.29) is 5.91 Å². The van der Waals surface area contributed by atoms with Gasteiger partial charge in [-0.1, -0.05) is 36.4 Å². The lowest BCUT2D eigenvalue weighted by Crippen LogP contribution is -2.13. The van der Waals surface area contributed by atoms with E-state index in [1.807, 2.05) is 30.3 Å². The van der Waals surface area contributed by atoms with Crippen LogP contribution in [0.4, 0.5) is 5.00 Å². The summed E-state index contributed by atoms with van der Waals surface area (Å²) in [5, 5.41) is 3.25. The van der Waals surface area contributed by atoms with E-state index >= 15 is 0 Å². The third-order valence-corrected chi connectivity index (χ3v) is 4.85. The van der Waals surface area contributed by atoms with Crippen molar-refractivity contribution < 1.29 is 19.1 Å². The fourth-order valence-corrected chi connectivity index (χ4v) is 3.48. The van der Waals surface area contributed by atoms with Gasteiger partial charge in [-0.2, -0.15) is 0 Å². The summed E-state index contributed by atoms with van der Waals surface area (Å²) in [5.74, 6) is -0.234. The van der Waals surface area contributed by atoms with E-state index in [4.69, 9.17) is 9.47 Å². The Hall–Kier alpha value is -3.12. The molecule has 0 unspecified atom stereocenters. The molecule has 1 aromatic heterocycles. The molecule has 6 heteroatoms. The Kier molecular flexibility index (Phi) is 5.34. The maximum Gasteiger partial charge on any atom is 0.340 e. The number of nitrogens with one attached hydrogen (secondary N) is 1. The molecule has 1 amide bonds. The molecular formula is C20H17NO4S. The Balaban J connectivity index is 1.94. The summed E-state index contributed by atoms with van der Waals surface area (Å²) in [7, 11) is 2.85. The van der Waals surface area contributed by atoms with Crippen molar-refractivity contribution in [3.63, 3.8) is 0 Å². The third kappa shape index (κ3) is 3.75. The maximum absolute atomic E-state index is 12.6. The molecule has 1 N–H and O–H groups in total. The fourth-order valence-electron chi connectivity index (χ4n) is 2.43. The van der Waals surface area contributed by atoms with Crippen LogP contribution in [0.2, 0.25) is 0 Å². The molecule has 0 spiro atoms. The summed E-state index contributed by atoms with van der Waals surface area (Å²) in [6, 6.07) is 18.2. The first kappa shape index (κ1) is 17.7. The minimum Gasteiger partial charge on any atom is -0.497 e. The van der Waals surface area contributed by atoms with E-state index in [1.54, 1.807) is 30.3 Å². The molecule has 5 nitrogen and oxygen atoms in total. The largest absolute Gasteiger partial charge is 0.497 e. The molecule has 0 atom stereocenters. The molecule has 0 aliphatic heterocycles. The zero-order chi connectivity index (χ0) is 18.5. The zero-order valence-corrected chi connectivity index (χ0v) is 15.1. The smallest absolute Gasteiger partial charge is 0.340 e. The number of carbonyl (C=O) groups excluding carboxylic acids is 2. The number of thiophene rings is 1. The number of esters is 1. The lowest BCUT2D eigenvalue weighted by molar-refractivity contribution is 0.0602. The van der Waals surface area contributed by atoms with Gasteiger partial charge >= 0.3 is 5.97 Å². The Labute approximate surface area is 155 Å². The molecule has 0 fully saturated rings. The van der Waals surface area contributed by atoms with E-state index in [1.165, 1.54) is 25.6 Å². The number of ether oxygens (including phenoxy) is 2. The van der Waals surface area contributed by atoms with Crippen LogP contribution in [-0.2, 0) is 4.74 Å². The van der Waals surface area contributed by atoms with Crippen molar-refractivity contribution in [2.75, 3.05) is 19.5 Å². The Morgan fingerprint density at radius 3 is 2.42 bits per heavy atom. The molecule has 132 valence electrons.